The van der Waals surface area contributed by atoms with E-state index < -0.39 is 0 Å². The zero-order chi connectivity index (χ0) is 13.1. The Labute approximate surface area is 120 Å². The van der Waals surface area contributed by atoms with Gasteiger partial charge in [-0.3, -0.25) is 4.79 Å². The largest absolute Gasteiger partial charge is 0.327 e. The van der Waals surface area contributed by atoms with Gasteiger partial charge in [-0.05, 0) is 37.0 Å². The lowest BCUT2D eigenvalue weighted by Gasteiger charge is -2.20. The average Bonchev–Trinajstić information content (AvgIpc) is 3.11. The summed E-state index contributed by atoms with van der Waals surface area (Å²) in [5, 5.41) is 0.451. The van der Waals surface area contributed by atoms with Crippen LogP contribution >= 0.6 is 27.5 Å². The van der Waals surface area contributed by atoms with Gasteiger partial charge < -0.3 is 4.90 Å². The molecule has 1 saturated carbocycles. The van der Waals surface area contributed by atoms with Crippen molar-refractivity contribution >= 4 is 33.4 Å². The molecule has 0 atom stereocenters. The van der Waals surface area contributed by atoms with Crippen LogP contribution in [0, 0.1) is 18.3 Å². The number of amides is 1. The lowest BCUT2D eigenvalue weighted by atomic mass is 10.2. The molecule has 0 saturated heterocycles. The molecule has 18 heavy (non-hydrogen) atoms. The van der Waals surface area contributed by atoms with Gasteiger partial charge in [0.15, 0.2) is 0 Å². The number of carbonyl (C=O) groups excluding carboxylic acids is 1. The molecule has 0 aliphatic heterocycles. The van der Waals surface area contributed by atoms with E-state index in [0.29, 0.717) is 23.0 Å². The highest BCUT2D eigenvalue weighted by Crippen LogP contribution is 2.30. The molecule has 4 heteroatoms. The van der Waals surface area contributed by atoms with Crippen LogP contribution in [0.2, 0.25) is 5.02 Å². The van der Waals surface area contributed by atoms with E-state index in [0.717, 1.165) is 11.0 Å². The third-order valence-electron chi connectivity index (χ3n) is 2.91. The number of halogens is 2. The quantitative estimate of drug-likeness (QED) is 0.774. The molecule has 2 nitrogen and oxygen atoms in total. The van der Waals surface area contributed by atoms with E-state index in [1.165, 1.54) is 12.8 Å². The lowest BCUT2D eigenvalue weighted by molar-refractivity contribution is 0.0770. The van der Waals surface area contributed by atoms with Gasteiger partial charge >= 0.3 is 0 Å². The molecular formula is C14H13BrClNO. The van der Waals surface area contributed by atoms with Crippen LogP contribution in [0.15, 0.2) is 22.7 Å². The SMILES string of the molecule is C#CCN(CC1CC1)C(=O)c1ccc(Br)cc1Cl. The second kappa shape index (κ2) is 5.77. The van der Waals surface area contributed by atoms with E-state index in [2.05, 4.69) is 21.9 Å². The molecule has 1 aromatic carbocycles. The van der Waals surface area contributed by atoms with Crippen LogP contribution in [0.1, 0.15) is 23.2 Å². The van der Waals surface area contributed by atoms with Crippen LogP contribution in [0.4, 0.5) is 0 Å². The average molecular weight is 327 g/mol. The summed E-state index contributed by atoms with van der Waals surface area (Å²) in [6.07, 6.45) is 7.69. The molecule has 1 fully saturated rings. The Hall–Kier alpha value is -0.980. The van der Waals surface area contributed by atoms with Crippen molar-refractivity contribution in [3.05, 3.63) is 33.3 Å². The predicted octanol–water partition coefficient (Wildman–Crippen LogP) is 3.59. The van der Waals surface area contributed by atoms with Crippen molar-refractivity contribution in [2.45, 2.75) is 12.8 Å². The van der Waals surface area contributed by atoms with Crippen molar-refractivity contribution in [3.63, 3.8) is 0 Å². The van der Waals surface area contributed by atoms with Gasteiger partial charge in [-0.15, -0.1) is 6.42 Å². The Morgan fingerprint density at radius 3 is 2.83 bits per heavy atom. The van der Waals surface area contributed by atoms with Gasteiger partial charge in [0, 0.05) is 11.0 Å². The molecule has 1 aliphatic rings. The molecule has 0 radical (unpaired) electrons. The van der Waals surface area contributed by atoms with Crippen LogP contribution in [0.5, 0.6) is 0 Å². The first kappa shape index (κ1) is 13.5. The molecule has 1 amide bonds. The summed E-state index contributed by atoms with van der Waals surface area (Å²) in [5.74, 6) is 3.06. The van der Waals surface area contributed by atoms with Gasteiger partial charge in [-0.25, -0.2) is 0 Å². The van der Waals surface area contributed by atoms with Crippen LogP contribution < -0.4 is 0 Å². The number of terminal acetylenes is 1. The second-order valence-corrected chi connectivity index (χ2v) is 5.78. The first-order chi connectivity index (χ1) is 8.61. The number of nitrogens with zero attached hydrogens (tertiary/aromatic N) is 1. The molecule has 94 valence electrons. The van der Waals surface area contributed by atoms with Crippen molar-refractivity contribution in [2.24, 2.45) is 5.92 Å². The van der Waals surface area contributed by atoms with Crippen molar-refractivity contribution in [1.82, 2.24) is 4.90 Å². The van der Waals surface area contributed by atoms with E-state index in [-0.39, 0.29) is 5.91 Å². The Morgan fingerprint density at radius 2 is 2.28 bits per heavy atom. The van der Waals surface area contributed by atoms with Crippen molar-refractivity contribution in [2.75, 3.05) is 13.1 Å². The van der Waals surface area contributed by atoms with Crippen molar-refractivity contribution in [3.8, 4) is 12.3 Å². The van der Waals surface area contributed by atoms with Crippen LogP contribution in [0.3, 0.4) is 0 Å². The highest BCUT2D eigenvalue weighted by Gasteiger charge is 2.27. The van der Waals surface area contributed by atoms with Gasteiger partial charge in [0.25, 0.3) is 5.91 Å². The van der Waals surface area contributed by atoms with Crippen LogP contribution in [-0.4, -0.2) is 23.9 Å². The molecule has 0 bridgehead atoms. The highest BCUT2D eigenvalue weighted by atomic mass is 79.9. The number of rotatable bonds is 4. The fourth-order valence-electron chi connectivity index (χ4n) is 1.77. The molecular weight excluding hydrogens is 314 g/mol. The van der Waals surface area contributed by atoms with E-state index in [4.69, 9.17) is 18.0 Å². The zero-order valence-corrected chi connectivity index (χ0v) is 12.2. The highest BCUT2D eigenvalue weighted by molar-refractivity contribution is 9.10. The smallest absolute Gasteiger partial charge is 0.256 e. The van der Waals surface area contributed by atoms with Crippen LogP contribution in [0.25, 0.3) is 0 Å². The number of benzene rings is 1. The lowest BCUT2D eigenvalue weighted by Crippen LogP contribution is -2.33. The Morgan fingerprint density at radius 1 is 1.56 bits per heavy atom. The van der Waals surface area contributed by atoms with Crippen molar-refractivity contribution in [1.29, 1.82) is 0 Å². The number of hydrogen-bond donors (Lipinski definition) is 0. The summed E-state index contributed by atoms with van der Waals surface area (Å²) >= 11 is 9.41. The standard InChI is InChI=1S/C14H13BrClNO/c1-2-7-17(9-10-3-4-10)14(18)12-6-5-11(15)8-13(12)16/h1,5-6,8,10H,3-4,7,9H2. The summed E-state index contributed by atoms with van der Waals surface area (Å²) in [7, 11) is 0. The molecule has 0 unspecified atom stereocenters. The third-order valence-corrected chi connectivity index (χ3v) is 3.71. The number of carbonyl (C=O) groups is 1. The molecule has 0 aromatic heterocycles. The zero-order valence-electron chi connectivity index (χ0n) is 9.83. The maximum atomic E-state index is 12.4. The maximum absolute atomic E-state index is 12.4. The second-order valence-electron chi connectivity index (χ2n) is 4.46. The molecule has 0 heterocycles. The van der Waals surface area contributed by atoms with E-state index >= 15 is 0 Å². The topological polar surface area (TPSA) is 20.3 Å². The summed E-state index contributed by atoms with van der Waals surface area (Å²) in [5.41, 5.74) is 0.510. The minimum Gasteiger partial charge on any atom is -0.327 e. The molecule has 0 N–H and O–H groups in total. The fraction of sp³-hybridized carbons (Fsp3) is 0.357. The Kier molecular flexibility index (Phi) is 4.31. The number of hydrogen-bond acceptors (Lipinski definition) is 1. The van der Waals surface area contributed by atoms with Gasteiger partial charge in [0.2, 0.25) is 0 Å². The molecule has 2 rings (SSSR count). The van der Waals surface area contributed by atoms with E-state index in [1.54, 1.807) is 17.0 Å². The normalized spacial score (nSPS) is 14.1. The van der Waals surface area contributed by atoms with Gasteiger partial charge in [-0.1, -0.05) is 33.5 Å². The monoisotopic (exact) mass is 325 g/mol. The molecule has 1 aliphatic carbocycles. The van der Waals surface area contributed by atoms with Gasteiger partial charge in [0.05, 0.1) is 17.1 Å². The Bertz CT molecular complexity index is 505. The first-order valence-corrected chi connectivity index (χ1v) is 6.96. The summed E-state index contributed by atoms with van der Waals surface area (Å²) in [6.45, 7) is 1.07. The first-order valence-electron chi connectivity index (χ1n) is 5.79. The Balaban J connectivity index is 2.18. The van der Waals surface area contributed by atoms with Gasteiger partial charge in [-0.2, -0.15) is 0 Å². The fourth-order valence-corrected chi connectivity index (χ4v) is 2.53. The van der Waals surface area contributed by atoms with Crippen LogP contribution in [-0.2, 0) is 0 Å². The predicted molar refractivity (Wildman–Crippen MR) is 76.6 cm³/mol. The minimum absolute atomic E-state index is 0.0858. The molecule has 0 spiro atoms. The summed E-state index contributed by atoms with van der Waals surface area (Å²) in [6, 6.07) is 5.26. The van der Waals surface area contributed by atoms with E-state index in [1.807, 2.05) is 6.07 Å². The summed E-state index contributed by atoms with van der Waals surface area (Å²) in [4.78, 5) is 14.1. The minimum atomic E-state index is -0.0858. The third kappa shape index (κ3) is 3.28. The van der Waals surface area contributed by atoms with E-state index in [9.17, 15) is 4.79 Å². The van der Waals surface area contributed by atoms with Crippen molar-refractivity contribution < 1.29 is 4.79 Å². The maximum Gasteiger partial charge on any atom is 0.256 e. The summed E-state index contributed by atoms with van der Waals surface area (Å²) < 4.78 is 0.856. The van der Waals surface area contributed by atoms with Gasteiger partial charge in [0.1, 0.15) is 0 Å². The molecule has 1 aromatic rings.